The Bertz CT molecular complexity index is 595. The second kappa shape index (κ2) is 6.41. The number of benzene rings is 1. The molecular weight excluding hydrogens is 318 g/mol. The molecule has 1 aromatic carbocycles. The third kappa shape index (κ3) is 3.22. The predicted molar refractivity (Wildman–Crippen MR) is 84.1 cm³/mol. The third-order valence-corrected chi connectivity index (χ3v) is 4.05. The van der Waals surface area contributed by atoms with Gasteiger partial charge in [-0.2, -0.15) is 5.10 Å². The Morgan fingerprint density at radius 2 is 2.20 bits per heavy atom. The predicted octanol–water partition coefficient (Wildman–Crippen LogP) is 3.00. The molecule has 0 aliphatic rings. The molecule has 1 unspecified atom stereocenters. The number of nitrogens with zero attached hydrogens (tertiary/aromatic N) is 2. The molecule has 4 nitrogen and oxygen atoms in total. The summed E-state index contributed by atoms with van der Waals surface area (Å²) < 4.78 is 8.10. The number of aryl methyl sites for hydroxylation is 2. The maximum absolute atomic E-state index is 5.26. The van der Waals surface area contributed by atoms with E-state index >= 15 is 0 Å². The van der Waals surface area contributed by atoms with E-state index in [1.807, 2.05) is 31.8 Å². The van der Waals surface area contributed by atoms with Gasteiger partial charge in [0, 0.05) is 24.8 Å². The lowest BCUT2D eigenvalue weighted by Gasteiger charge is -2.16. The highest BCUT2D eigenvalue weighted by Crippen LogP contribution is 2.28. The molecule has 1 aromatic heterocycles. The van der Waals surface area contributed by atoms with E-state index in [1.54, 1.807) is 7.11 Å². The van der Waals surface area contributed by atoms with Crippen LogP contribution >= 0.6 is 15.9 Å². The lowest BCUT2D eigenvalue weighted by Crippen LogP contribution is -2.19. The summed E-state index contributed by atoms with van der Waals surface area (Å²) in [4.78, 5) is 0. The Hall–Kier alpha value is -1.33. The fourth-order valence-electron chi connectivity index (χ4n) is 2.40. The number of halogens is 1. The van der Waals surface area contributed by atoms with Gasteiger partial charge in [0.05, 0.1) is 17.3 Å². The Labute approximate surface area is 128 Å². The van der Waals surface area contributed by atoms with Crippen LogP contribution in [-0.4, -0.2) is 23.9 Å². The summed E-state index contributed by atoms with van der Waals surface area (Å²) in [7, 11) is 5.61. The Morgan fingerprint density at radius 3 is 2.70 bits per heavy atom. The highest BCUT2D eigenvalue weighted by atomic mass is 79.9. The summed E-state index contributed by atoms with van der Waals surface area (Å²) in [6.45, 7) is 2.05. The average Bonchev–Trinajstić information content (AvgIpc) is 2.75. The highest BCUT2D eigenvalue weighted by molar-refractivity contribution is 9.10. The van der Waals surface area contributed by atoms with Gasteiger partial charge in [0.25, 0.3) is 0 Å². The van der Waals surface area contributed by atoms with Crippen LogP contribution in [0, 0.1) is 6.92 Å². The zero-order valence-electron chi connectivity index (χ0n) is 12.3. The molecule has 2 rings (SSSR count). The van der Waals surface area contributed by atoms with Gasteiger partial charge >= 0.3 is 0 Å². The first-order valence-electron chi connectivity index (χ1n) is 6.55. The van der Waals surface area contributed by atoms with Crippen LogP contribution in [0.2, 0.25) is 0 Å². The van der Waals surface area contributed by atoms with Gasteiger partial charge in [-0.05, 0) is 54.0 Å². The first-order valence-corrected chi connectivity index (χ1v) is 7.34. The summed E-state index contributed by atoms with van der Waals surface area (Å²) in [5.41, 5.74) is 3.56. The van der Waals surface area contributed by atoms with Gasteiger partial charge in [-0.15, -0.1) is 0 Å². The summed E-state index contributed by atoms with van der Waals surface area (Å²) >= 11 is 3.53. The molecule has 0 bridgehead atoms. The van der Waals surface area contributed by atoms with Crippen molar-refractivity contribution in [2.45, 2.75) is 19.4 Å². The minimum atomic E-state index is 0.254. The van der Waals surface area contributed by atoms with E-state index in [4.69, 9.17) is 4.74 Å². The van der Waals surface area contributed by atoms with E-state index in [2.05, 4.69) is 44.7 Å². The second-order valence-electron chi connectivity index (χ2n) is 4.86. The lowest BCUT2D eigenvalue weighted by molar-refractivity contribution is 0.412. The smallest absolute Gasteiger partial charge is 0.133 e. The molecule has 0 spiro atoms. The molecule has 0 radical (unpaired) electrons. The molecule has 5 heteroatoms. The fourth-order valence-corrected chi connectivity index (χ4v) is 2.99. The van der Waals surface area contributed by atoms with Crippen molar-refractivity contribution in [3.8, 4) is 5.75 Å². The van der Waals surface area contributed by atoms with E-state index in [0.717, 1.165) is 22.3 Å². The van der Waals surface area contributed by atoms with Crippen LogP contribution in [0.1, 0.15) is 22.9 Å². The molecule has 2 aromatic rings. The number of rotatable bonds is 5. The van der Waals surface area contributed by atoms with Crippen LogP contribution in [0.3, 0.4) is 0 Å². The zero-order chi connectivity index (χ0) is 14.7. The lowest BCUT2D eigenvalue weighted by atomic mass is 9.99. The van der Waals surface area contributed by atoms with Gasteiger partial charge in [0.15, 0.2) is 0 Å². The van der Waals surface area contributed by atoms with Gasteiger partial charge in [-0.3, -0.25) is 4.68 Å². The Kier molecular flexibility index (Phi) is 4.83. The van der Waals surface area contributed by atoms with Crippen molar-refractivity contribution in [2.24, 2.45) is 7.05 Å². The normalized spacial score (nSPS) is 12.4. The van der Waals surface area contributed by atoms with E-state index < -0.39 is 0 Å². The van der Waals surface area contributed by atoms with Crippen molar-refractivity contribution < 1.29 is 4.74 Å². The Morgan fingerprint density at radius 1 is 1.45 bits per heavy atom. The second-order valence-corrected chi connectivity index (χ2v) is 5.71. The van der Waals surface area contributed by atoms with Crippen LogP contribution in [0.25, 0.3) is 0 Å². The minimum Gasteiger partial charge on any atom is -0.496 e. The van der Waals surface area contributed by atoms with Gasteiger partial charge in [-0.1, -0.05) is 6.07 Å². The molecule has 108 valence electrons. The number of aromatic nitrogens is 2. The molecule has 0 fully saturated rings. The van der Waals surface area contributed by atoms with Crippen molar-refractivity contribution >= 4 is 15.9 Å². The van der Waals surface area contributed by atoms with Crippen molar-refractivity contribution in [3.63, 3.8) is 0 Å². The number of methoxy groups -OCH3 is 1. The molecule has 0 amide bonds. The molecule has 0 aliphatic carbocycles. The maximum Gasteiger partial charge on any atom is 0.133 e. The molecule has 1 N–H and O–H groups in total. The van der Waals surface area contributed by atoms with E-state index in [-0.39, 0.29) is 6.04 Å². The van der Waals surface area contributed by atoms with Crippen LogP contribution in [0.4, 0.5) is 0 Å². The molecule has 1 atom stereocenters. The summed E-state index contributed by atoms with van der Waals surface area (Å²) in [6, 6.07) is 6.44. The fraction of sp³-hybridized carbons (Fsp3) is 0.400. The minimum absolute atomic E-state index is 0.254. The monoisotopic (exact) mass is 337 g/mol. The first-order chi connectivity index (χ1) is 9.55. The van der Waals surface area contributed by atoms with Crippen LogP contribution < -0.4 is 10.1 Å². The van der Waals surface area contributed by atoms with Crippen LogP contribution in [-0.2, 0) is 13.5 Å². The van der Waals surface area contributed by atoms with Crippen LogP contribution in [0.5, 0.6) is 5.75 Å². The van der Waals surface area contributed by atoms with E-state index in [0.29, 0.717) is 0 Å². The van der Waals surface area contributed by atoms with E-state index in [1.165, 1.54) is 11.1 Å². The van der Waals surface area contributed by atoms with Crippen LogP contribution in [0.15, 0.2) is 28.9 Å². The zero-order valence-corrected chi connectivity index (χ0v) is 13.9. The molecule has 1 heterocycles. The third-order valence-electron chi connectivity index (χ3n) is 3.43. The van der Waals surface area contributed by atoms with Gasteiger partial charge < -0.3 is 10.1 Å². The largest absolute Gasteiger partial charge is 0.496 e. The van der Waals surface area contributed by atoms with Crippen molar-refractivity contribution in [1.82, 2.24) is 15.1 Å². The highest BCUT2D eigenvalue weighted by Gasteiger charge is 2.16. The van der Waals surface area contributed by atoms with Crippen molar-refractivity contribution in [3.05, 3.63) is 45.7 Å². The SMILES string of the molecule is CNC(Cc1ccc(OC)c(Br)c1)c1cn(C)nc1C. The first kappa shape index (κ1) is 15.1. The van der Waals surface area contributed by atoms with Gasteiger partial charge in [0.2, 0.25) is 0 Å². The summed E-state index contributed by atoms with van der Waals surface area (Å²) in [5.74, 6) is 0.854. The van der Waals surface area contributed by atoms with Gasteiger partial charge in [0.1, 0.15) is 5.75 Å². The number of hydrogen-bond acceptors (Lipinski definition) is 3. The summed E-state index contributed by atoms with van der Waals surface area (Å²) in [5, 5.41) is 7.78. The van der Waals surface area contributed by atoms with Crippen molar-refractivity contribution in [1.29, 1.82) is 0 Å². The molecule has 0 aliphatic heterocycles. The standard InChI is InChI=1S/C15H20BrN3O/c1-10-12(9-19(3)18-10)14(17-2)8-11-5-6-15(20-4)13(16)7-11/h5-7,9,14,17H,8H2,1-4H3. The number of nitrogens with one attached hydrogen (secondary N) is 1. The number of ether oxygens (including phenoxy) is 1. The molecule has 0 saturated heterocycles. The average molecular weight is 338 g/mol. The number of likely N-dealkylation sites (N-methyl/N-ethyl adjacent to an activating group) is 1. The van der Waals surface area contributed by atoms with Crippen molar-refractivity contribution in [2.75, 3.05) is 14.2 Å². The van der Waals surface area contributed by atoms with Gasteiger partial charge in [-0.25, -0.2) is 0 Å². The summed E-state index contributed by atoms with van der Waals surface area (Å²) in [6.07, 6.45) is 2.99. The Balaban J connectivity index is 2.22. The molecule has 0 saturated carbocycles. The molecular formula is C15H20BrN3O. The number of hydrogen-bond donors (Lipinski definition) is 1. The molecule has 20 heavy (non-hydrogen) atoms. The topological polar surface area (TPSA) is 39.1 Å². The quantitative estimate of drug-likeness (QED) is 0.911. The maximum atomic E-state index is 5.26. The van der Waals surface area contributed by atoms with E-state index in [9.17, 15) is 0 Å².